The standard InChI is InChI=1S/C23H36N6O/c1-26(13-19-3-7-28-9-5-24-21(28)11-19)15-23(17-30-18-23)16-27(2)14-20-4-8-29-10-6-25-22(29)12-20/h5-6,9-10,19-20H,3-4,7-8,11-18H2,1-2H3. The molecular formula is C23H36N6O. The molecule has 164 valence electrons. The summed E-state index contributed by atoms with van der Waals surface area (Å²) in [4.78, 5) is 14.2. The first-order valence-electron chi connectivity index (χ1n) is 11.5. The molecule has 2 atom stereocenters. The number of rotatable bonds is 8. The Morgan fingerprint density at radius 1 is 0.900 bits per heavy atom. The van der Waals surface area contributed by atoms with Crippen LogP contribution in [0.15, 0.2) is 24.8 Å². The van der Waals surface area contributed by atoms with Crippen molar-refractivity contribution >= 4 is 0 Å². The molecular weight excluding hydrogens is 376 g/mol. The van der Waals surface area contributed by atoms with Crippen LogP contribution in [0.4, 0.5) is 0 Å². The molecule has 3 aliphatic heterocycles. The molecule has 3 aliphatic rings. The summed E-state index contributed by atoms with van der Waals surface area (Å²) >= 11 is 0. The van der Waals surface area contributed by atoms with E-state index in [9.17, 15) is 0 Å². The third-order valence-corrected chi connectivity index (χ3v) is 7.27. The highest BCUT2D eigenvalue weighted by atomic mass is 16.5. The molecule has 0 spiro atoms. The van der Waals surface area contributed by atoms with Crippen LogP contribution >= 0.6 is 0 Å². The van der Waals surface area contributed by atoms with Crippen LogP contribution in [-0.2, 0) is 30.7 Å². The zero-order chi connectivity index (χ0) is 20.6. The summed E-state index contributed by atoms with van der Waals surface area (Å²) in [6.07, 6.45) is 12.9. The Balaban J connectivity index is 1.11. The average molecular weight is 413 g/mol. The number of aryl methyl sites for hydroxylation is 2. The first-order valence-corrected chi connectivity index (χ1v) is 11.5. The van der Waals surface area contributed by atoms with Gasteiger partial charge in [0.1, 0.15) is 11.6 Å². The second kappa shape index (κ2) is 8.44. The summed E-state index contributed by atoms with van der Waals surface area (Å²) in [6, 6.07) is 0. The maximum Gasteiger partial charge on any atom is 0.108 e. The summed E-state index contributed by atoms with van der Waals surface area (Å²) < 4.78 is 10.3. The minimum absolute atomic E-state index is 0.282. The first-order chi connectivity index (χ1) is 14.6. The number of fused-ring (bicyclic) bond motifs is 2. The molecule has 0 aromatic carbocycles. The summed E-state index contributed by atoms with van der Waals surface area (Å²) in [7, 11) is 4.59. The van der Waals surface area contributed by atoms with Gasteiger partial charge in [0, 0.05) is 82.3 Å². The molecule has 0 N–H and O–H groups in total. The molecule has 7 heteroatoms. The van der Waals surface area contributed by atoms with Crippen molar-refractivity contribution in [3.05, 3.63) is 36.4 Å². The van der Waals surface area contributed by atoms with Crippen molar-refractivity contribution in [2.45, 2.75) is 38.8 Å². The van der Waals surface area contributed by atoms with Gasteiger partial charge in [-0.3, -0.25) is 0 Å². The van der Waals surface area contributed by atoms with Gasteiger partial charge in [0.25, 0.3) is 0 Å². The minimum atomic E-state index is 0.282. The summed E-state index contributed by atoms with van der Waals surface area (Å²) in [6.45, 7) is 8.58. The van der Waals surface area contributed by atoms with Gasteiger partial charge in [0.05, 0.1) is 13.2 Å². The van der Waals surface area contributed by atoms with Crippen molar-refractivity contribution in [3.63, 3.8) is 0 Å². The Bertz CT molecular complexity index is 776. The fourth-order valence-electron chi connectivity index (χ4n) is 5.92. The third kappa shape index (κ3) is 4.34. The fourth-order valence-corrected chi connectivity index (χ4v) is 5.92. The molecule has 0 bridgehead atoms. The van der Waals surface area contributed by atoms with Gasteiger partial charge in [-0.1, -0.05) is 0 Å². The van der Waals surface area contributed by atoms with E-state index in [4.69, 9.17) is 4.74 Å². The molecule has 0 aliphatic carbocycles. The van der Waals surface area contributed by atoms with Gasteiger partial charge in [0.15, 0.2) is 0 Å². The maximum absolute atomic E-state index is 5.71. The summed E-state index contributed by atoms with van der Waals surface area (Å²) in [5, 5.41) is 0. The molecule has 2 aromatic heterocycles. The highest BCUT2D eigenvalue weighted by molar-refractivity contribution is 5.00. The molecule has 5 heterocycles. The zero-order valence-electron chi connectivity index (χ0n) is 18.5. The fraction of sp³-hybridized carbons (Fsp3) is 0.739. The lowest BCUT2D eigenvalue weighted by atomic mass is 9.83. The molecule has 5 rings (SSSR count). The number of hydrogen-bond acceptors (Lipinski definition) is 5. The number of imidazole rings is 2. The van der Waals surface area contributed by atoms with Gasteiger partial charge in [-0.2, -0.15) is 0 Å². The Hall–Kier alpha value is -1.70. The third-order valence-electron chi connectivity index (χ3n) is 7.27. The van der Waals surface area contributed by atoms with Crippen LogP contribution in [0.5, 0.6) is 0 Å². The van der Waals surface area contributed by atoms with Crippen molar-refractivity contribution < 1.29 is 4.74 Å². The Labute approximate surface area is 180 Å². The van der Waals surface area contributed by atoms with Crippen molar-refractivity contribution in [2.75, 3.05) is 53.5 Å². The Morgan fingerprint density at radius 3 is 1.83 bits per heavy atom. The summed E-state index contributed by atoms with van der Waals surface area (Å²) in [5.41, 5.74) is 0.282. The van der Waals surface area contributed by atoms with Crippen LogP contribution in [0.3, 0.4) is 0 Å². The van der Waals surface area contributed by atoms with Gasteiger partial charge in [-0.05, 0) is 38.8 Å². The van der Waals surface area contributed by atoms with Gasteiger partial charge < -0.3 is 23.7 Å². The van der Waals surface area contributed by atoms with E-state index in [0.717, 1.165) is 65.3 Å². The van der Waals surface area contributed by atoms with Gasteiger partial charge >= 0.3 is 0 Å². The molecule has 1 saturated heterocycles. The number of aromatic nitrogens is 4. The van der Waals surface area contributed by atoms with E-state index >= 15 is 0 Å². The van der Waals surface area contributed by atoms with E-state index in [-0.39, 0.29) is 5.41 Å². The van der Waals surface area contributed by atoms with Gasteiger partial charge in [-0.15, -0.1) is 0 Å². The molecule has 0 saturated carbocycles. The topological polar surface area (TPSA) is 51.4 Å². The molecule has 0 amide bonds. The molecule has 2 aromatic rings. The van der Waals surface area contributed by atoms with Crippen LogP contribution in [0.1, 0.15) is 24.5 Å². The van der Waals surface area contributed by atoms with E-state index < -0.39 is 0 Å². The van der Waals surface area contributed by atoms with Crippen molar-refractivity contribution in [3.8, 4) is 0 Å². The second-order valence-corrected chi connectivity index (χ2v) is 10.2. The van der Waals surface area contributed by atoms with E-state index in [1.54, 1.807) is 0 Å². The van der Waals surface area contributed by atoms with Gasteiger partial charge in [0.2, 0.25) is 0 Å². The monoisotopic (exact) mass is 412 g/mol. The van der Waals surface area contributed by atoms with Crippen molar-refractivity contribution in [1.82, 2.24) is 28.9 Å². The lowest BCUT2D eigenvalue weighted by molar-refractivity contribution is -0.136. The first kappa shape index (κ1) is 20.2. The zero-order valence-corrected chi connectivity index (χ0v) is 18.5. The minimum Gasteiger partial charge on any atom is -0.380 e. The van der Waals surface area contributed by atoms with Crippen LogP contribution in [0.2, 0.25) is 0 Å². The molecule has 1 fully saturated rings. The van der Waals surface area contributed by atoms with E-state index in [1.807, 2.05) is 12.4 Å². The predicted molar refractivity (Wildman–Crippen MR) is 116 cm³/mol. The van der Waals surface area contributed by atoms with E-state index in [1.165, 1.54) is 24.5 Å². The number of ether oxygens (including phenoxy) is 1. The molecule has 30 heavy (non-hydrogen) atoms. The number of nitrogens with zero attached hydrogens (tertiary/aromatic N) is 6. The highest BCUT2D eigenvalue weighted by Crippen LogP contribution is 2.31. The molecule has 0 radical (unpaired) electrons. The van der Waals surface area contributed by atoms with Crippen LogP contribution in [-0.4, -0.2) is 82.4 Å². The smallest absolute Gasteiger partial charge is 0.108 e. The quantitative estimate of drug-likeness (QED) is 0.662. The lowest BCUT2D eigenvalue weighted by Gasteiger charge is -2.47. The van der Waals surface area contributed by atoms with Crippen molar-refractivity contribution in [1.29, 1.82) is 0 Å². The van der Waals surface area contributed by atoms with Crippen LogP contribution < -0.4 is 0 Å². The molecule has 2 unspecified atom stereocenters. The Kier molecular flexibility index (Phi) is 5.69. The summed E-state index contributed by atoms with van der Waals surface area (Å²) in [5.74, 6) is 3.95. The molecule has 7 nitrogen and oxygen atoms in total. The van der Waals surface area contributed by atoms with Crippen LogP contribution in [0.25, 0.3) is 0 Å². The van der Waals surface area contributed by atoms with Crippen molar-refractivity contribution in [2.24, 2.45) is 17.3 Å². The Morgan fingerprint density at radius 2 is 1.40 bits per heavy atom. The van der Waals surface area contributed by atoms with Crippen LogP contribution in [0, 0.1) is 17.3 Å². The average Bonchev–Trinajstić information content (AvgIpc) is 3.34. The normalized spacial score (nSPS) is 25.2. The SMILES string of the molecule is CN(CC1CCn2ccnc2C1)CC1(CN(C)CC2CCn3ccnc3C2)COC1. The number of hydrogen-bond donors (Lipinski definition) is 0. The predicted octanol–water partition coefficient (Wildman–Crippen LogP) is 1.78. The van der Waals surface area contributed by atoms with E-state index in [0.29, 0.717) is 11.8 Å². The lowest BCUT2D eigenvalue weighted by Crippen LogP contribution is -2.56. The highest BCUT2D eigenvalue weighted by Gasteiger charge is 2.41. The van der Waals surface area contributed by atoms with Gasteiger partial charge in [-0.25, -0.2) is 9.97 Å². The largest absolute Gasteiger partial charge is 0.380 e. The maximum atomic E-state index is 5.71. The second-order valence-electron chi connectivity index (χ2n) is 10.2. The van der Waals surface area contributed by atoms with E-state index in [2.05, 4.69) is 55.4 Å².